The van der Waals surface area contributed by atoms with E-state index in [0.29, 0.717) is 0 Å². The number of alkyl halides is 2. The Balaban J connectivity index is 2.27. The van der Waals surface area contributed by atoms with Crippen LogP contribution in [0.3, 0.4) is 0 Å². The molecule has 1 aliphatic heterocycles. The third-order valence-electron chi connectivity index (χ3n) is 3.02. The van der Waals surface area contributed by atoms with E-state index < -0.39 is 46.5 Å². The molecule has 0 radical (unpaired) electrons. The molecule has 2 atom stereocenters. The number of sulfone groups is 1. The standard InChI is InChI=1S/C8H12F2O3S/c9-8(10)1-5-3-14(12,13)4-6(2-8)7(5)11/h5-7,11H,1-4H2. The Bertz CT molecular complexity index is 314. The fraction of sp³-hybridized carbons (Fsp3) is 1.00. The molecule has 1 heterocycles. The molecule has 0 aromatic carbocycles. The van der Waals surface area contributed by atoms with E-state index in [9.17, 15) is 22.3 Å². The van der Waals surface area contributed by atoms with E-state index in [-0.39, 0.29) is 11.5 Å². The summed E-state index contributed by atoms with van der Waals surface area (Å²) in [6.07, 6.45) is -1.86. The summed E-state index contributed by atoms with van der Waals surface area (Å²) in [7, 11) is -3.22. The van der Waals surface area contributed by atoms with E-state index in [1.54, 1.807) is 0 Å². The zero-order valence-electron chi connectivity index (χ0n) is 7.49. The van der Waals surface area contributed by atoms with Crippen LogP contribution in [-0.4, -0.2) is 37.1 Å². The first-order chi connectivity index (χ1) is 6.29. The molecule has 2 unspecified atom stereocenters. The van der Waals surface area contributed by atoms with Gasteiger partial charge in [0.15, 0.2) is 9.84 Å². The fourth-order valence-electron chi connectivity index (χ4n) is 2.51. The highest BCUT2D eigenvalue weighted by atomic mass is 32.2. The third kappa shape index (κ3) is 1.77. The molecule has 0 aromatic heterocycles. The van der Waals surface area contributed by atoms with E-state index >= 15 is 0 Å². The SMILES string of the molecule is O=S1(=O)CC2CC(F)(F)CC(C1)C2O. The van der Waals surface area contributed by atoms with E-state index in [1.807, 2.05) is 0 Å². The largest absolute Gasteiger partial charge is 0.392 e. The number of rotatable bonds is 0. The molecule has 2 rings (SSSR count). The van der Waals surface area contributed by atoms with Gasteiger partial charge < -0.3 is 5.11 Å². The lowest BCUT2D eigenvalue weighted by Gasteiger charge is -2.42. The fourth-order valence-corrected chi connectivity index (χ4v) is 4.58. The molecule has 14 heavy (non-hydrogen) atoms. The smallest absolute Gasteiger partial charge is 0.248 e. The van der Waals surface area contributed by atoms with Gasteiger partial charge in [-0.05, 0) is 0 Å². The summed E-state index contributed by atoms with van der Waals surface area (Å²) >= 11 is 0. The average Bonchev–Trinajstić information content (AvgIpc) is 1.93. The summed E-state index contributed by atoms with van der Waals surface area (Å²) < 4.78 is 48.6. The first kappa shape index (κ1) is 10.3. The van der Waals surface area contributed by atoms with Crippen LogP contribution in [0.5, 0.6) is 0 Å². The molecule has 6 heteroatoms. The van der Waals surface area contributed by atoms with Crippen LogP contribution in [0.4, 0.5) is 8.78 Å². The Morgan fingerprint density at radius 2 is 1.57 bits per heavy atom. The van der Waals surface area contributed by atoms with Crippen molar-refractivity contribution in [3.8, 4) is 0 Å². The molecule has 0 amide bonds. The zero-order chi connectivity index (χ0) is 10.6. The van der Waals surface area contributed by atoms with Crippen LogP contribution < -0.4 is 0 Å². The normalized spacial score (nSPS) is 44.6. The summed E-state index contributed by atoms with van der Waals surface area (Å²) in [5.74, 6) is -4.93. The van der Waals surface area contributed by atoms with Crippen LogP contribution in [-0.2, 0) is 9.84 Å². The van der Waals surface area contributed by atoms with Crippen LogP contribution in [0.2, 0.25) is 0 Å². The second-order valence-corrected chi connectivity index (χ2v) is 6.51. The quantitative estimate of drug-likeness (QED) is 0.652. The van der Waals surface area contributed by atoms with Crippen molar-refractivity contribution in [2.24, 2.45) is 11.8 Å². The lowest BCUT2D eigenvalue weighted by atomic mass is 9.78. The molecule has 1 aliphatic carbocycles. The predicted molar refractivity (Wildman–Crippen MR) is 45.8 cm³/mol. The minimum Gasteiger partial charge on any atom is -0.392 e. The van der Waals surface area contributed by atoms with Crippen molar-refractivity contribution in [1.82, 2.24) is 0 Å². The Labute approximate surface area is 81.0 Å². The van der Waals surface area contributed by atoms with Gasteiger partial charge in [-0.25, -0.2) is 17.2 Å². The Morgan fingerprint density at radius 3 is 2.00 bits per heavy atom. The molecule has 2 fully saturated rings. The lowest BCUT2D eigenvalue weighted by Crippen LogP contribution is -2.52. The molecular weight excluding hydrogens is 214 g/mol. The molecule has 2 bridgehead atoms. The van der Waals surface area contributed by atoms with Crippen molar-refractivity contribution in [3.63, 3.8) is 0 Å². The summed E-state index contributed by atoms with van der Waals surface area (Å²) in [5, 5.41) is 9.56. The maximum atomic E-state index is 13.0. The zero-order valence-corrected chi connectivity index (χ0v) is 8.30. The van der Waals surface area contributed by atoms with Gasteiger partial charge in [0.05, 0.1) is 17.6 Å². The van der Waals surface area contributed by atoms with E-state index in [1.165, 1.54) is 0 Å². The Kier molecular flexibility index (Phi) is 2.12. The van der Waals surface area contributed by atoms with Crippen LogP contribution in [0.25, 0.3) is 0 Å². The van der Waals surface area contributed by atoms with Gasteiger partial charge in [0.1, 0.15) is 0 Å². The highest BCUT2D eigenvalue weighted by molar-refractivity contribution is 7.91. The molecule has 1 N–H and O–H groups in total. The molecule has 0 spiro atoms. The molecule has 3 nitrogen and oxygen atoms in total. The van der Waals surface area contributed by atoms with Crippen molar-refractivity contribution in [2.45, 2.75) is 24.9 Å². The van der Waals surface area contributed by atoms with Gasteiger partial charge >= 0.3 is 0 Å². The van der Waals surface area contributed by atoms with Crippen molar-refractivity contribution >= 4 is 9.84 Å². The van der Waals surface area contributed by atoms with Crippen LogP contribution in [0.1, 0.15) is 12.8 Å². The van der Waals surface area contributed by atoms with Crippen molar-refractivity contribution in [2.75, 3.05) is 11.5 Å². The van der Waals surface area contributed by atoms with Crippen LogP contribution in [0, 0.1) is 11.8 Å². The van der Waals surface area contributed by atoms with Crippen molar-refractivity contribution < 1.29 is 22.3 Å². The summed E-state index contributed by atoms with van der Waals surface area (Å²) in [4.78, 5) is 0. The summed E-state index contributed by atoms with van der Waals surface area (Å²) in [6, 6.07) is 0. The molecule has 1 saturated carbocycles. The molecule has 1 saturated heterocycles. The average molecular weight is 226 g/mol. The van der Waals surface area contributed by atoms with Crippen LogP contribution >= 0.6 is 0 Å². The highest BCUT2D eigenvalue weighted by Gasteiger charge is 2.51. The Hall–Kier alpha value is -0.230. The van der Waals surface area contributed by atoms with Gasteiger partial charge in [-0.3, -0.25) is 0 Å². The number of halogens is 2. The van der Waals surface area contributed by atoms with Gasteiger partial charge in [0.25, 0.3) is 0 Å². The highest BCUT2D eigenvalue weighted by Crippen LogP contribution is 2.44. The van der Waals surface area contributed by atoms with Gasteiger partial charge in [-0.1, -0.05) is 0 Å². The minimum absolute atomic E-state index is 0.291. The molecule has 0 aromatic rings. The first-order valence-electron chi connectivity index (χ1n) is 4.55. The van der Waals surface area contributed by atoms with E-state index in [4.69, 9.17) is 0 Å². The number of hydrogen-bond donors (Lipinski definition) is 1. The maximum absolute atomic E-state index is 13.0. The molecular formula is C8H12F2O3S. The van der Waals surface area contributed by atoms with Crippen LogP contribution in [0.15, 0.2) is 0 Å². The third-order valence-corrected chi connectivity index (χ3v) is 4.90. The lowest BCUT2D eigenvalue weighted by molar-refractivity contribution is -0.114. The van der Waals surface area contributed by atoms with Gasteiger partial charge in [0, 0.05) is 24.7 Å². The minimum atomic E-state index is -3.22. The second kappa shape index (κ2) is 2.88. The van der Waals surface area contributed by atoms with Crippen molar-refractivity contribution in [1.29, 1.82) is 0 Å². The molecule has 82 valence electrons. The van der Waals surface area contributed by atoms with Gasteiger partial charge in [-0.2, -0.15) is 0 Å². The van der Waals surface area contributed by atoms with E-state index in [2.05, 4.69) is 0 Å². The first-order valence-corrected chi connectivity index (χ1v) is 6.37. The summed E-state index contributed by atoms with van der Waals surface area (Å²) in [6.45, 7) is 0. The van der Waals surface area contributed by atoms with Gasteiger partial charge in [-0.15, -0.1) is 0 Å². The predicted octanol–water partition coefficient (Wildman–Crippen LogP) is 0.437. The second-order valence-electron chi connectivity index (χ2n) is 4.35. The van der Waals surface area contributed by atoms with Crippen molar-refractivity contribution in [3.05, 3.63) is 0 Å². The van der Waals surface area contributed by atoms with Gasteiger partial charge in [0.2, 0.25) is 5.92 Å². The molecule has 2 aliphatic rings. The number of fused-ring (bicyclic) bond motifs is 2. The summed E-state index contributed by atoms with van der Waals surface area (Å²) in [5.41, 5.74) is 0. The number of aliphatic hydroxyl groups is 1. The number of aliphatic hydroxyl groups excluding tert-OH is 1. The van der Waals surface area contributed by atoms with E-state index in [0.717, 1.165) is 0 Å². The number of hydrogen-bond acceptors (Lipinski definition) is 3. The topological polar surface area (TPSA) is 54.4 Å². The monoisotopic (exact) mass is 226 g/mol. The maximum Gasteiger partial charge on any atom is 0.248 e. The Morgan fingerprint density at radius 1 is 1.14 bits per heavy atom.